The SMILES string of the molecule is Br.CC(C)c1ccc([N+](=O)[O-])cc1. The molecular weight excluding hydrogens is 234 g/mol. The van der Waals surface area contributed by atoms with Crippen LogP contribution in [-0.2, 0) is 0 Å². The second-order valence-corrected chi connectivity index (χ2v) is 3.00. The van der Waals surface area contributed by atoms with Crippen LogP contribution < -0.4 is 0 Å². The zero-order chi connectivity index (χ0) is 9.14. The van der Waals surface area contributed by atoms with E-state index in [4.69, 9.17) is 0 Å². The number of non-ortho nitro benzene ring substituents is 1. The normalized spacial score (nSPS) is 9.46. The van der Waals surface area contributed by atoms with E-state index in [0.29, 0.717) is 5.92 Å². The minimum atomic E-state index is -0.385. The fourth-order valence-corrected chi connectivity index (χ4v) is 0.981. The molecule has 0 amide bonds. The molecule has 0 spiro atoms. The Morgan fingerprint density at radius 2 is 1.69 bits per heavy atom. The number of hydrogen-bond donors (Lipinski definition) is 0. The fourth-order valence-electron chi connectivity index (χ4n) is 0.981. The lowest BCUT2D eigenvalue weighted by molar-refractivity contribution is -0.384. The summed E-state index contributed by atoms with van der Waals surface area (Å²) in [6, 6.07) is 6.66. The number of benzene rings is 1. The Labute approximate surface area is 87.7 Å². The summed E-state index contributed by atoms with van der Waals surface area (Å²) >= 11 is 0. The number of rotatable bonds is 2. The third-order valence-corrected chi connectivity index (χ3v) is 1.77. The molecule has 72 valence electrons. The molecule has 1 aromatic carbocycles. The van der Waals surface area contributed by atoms with Crippen LogP contribution in [0.1, 0.15) is 25.3 Å². The van der Waals surface area contributed by atoms with Crippen LogP contribution in [-0.4, -0.2) is 4.92 Å². The quantitative estimate of drug-likeness (QED) is 0.593. The molecule has 0 saturated carbocycles. The van der Waals surface area contributed by atoms with Crippen molar-refractivity contribution >= 4 is 22.7 Å². The van der Waals surface area contributed by atoms with Gasteiger partial charge in [-0.05, 0) is 11.5 Å². The van der Waals surface area contributed by atoms with Gasteiger partial charge in [0.05, 0.1) is 4.92 Å². The zero-order valence-electron chi connectivity index (χ0n) is 7.56. The summed E-state index contributed by atoms with van der Waals surface area (Å²) in [5.74, 6) is 0.422. The van der Waals surface area contributed by atoms with E-state index < -0.39 is 0 Å². The first-order valence-electron chi connectivity index (χ1n) is 3.85. The molecule has 3 nitrogen and oxygen atoms in total. The van der Waals surface area contributed by atoms with Crippen LogP contribution in [0.5, 0.6) is 0 Å². The Morgan fingerprint density at radius 1 is 1.23 bits per heavy atom. The maximum Gasteiger partial charge on any atom is 0.269 e. The highest BCUT2D eigenvalue weighted by Crippen LogP contribution is 2.17. The van der Waals surface area contributed by atoms with E-state index in [2.05, 4.69) is 13.8 Å². The molecule has 1 rings (SSSR count). The Kier molecular flexibility index (Phi) is 4.62. The van der Waals surface area contributed by atoms with Gasteiger partial charge >= 0.3 is 0 Å². The van der Waals surface area contributed by atoms with E-state index in [1.807, 2.05) is 0 Å². The maximum absolute atomic E-state index is 10.3. The van der Waals surface area contributed by atoms with Gasteiger partial charge in [0.25, 0.3) is 5.69 Å². The van der Waals surface area contributed by atoms with E-state index in [1.54, 1.807) is 12.1 Å². The lowest BCUT2D eigenvalue weighted by Crippen LogP contribution is -1.90. The molecule has 0 heterocycles. The summed E-state index contributed by atoms with van der Waals surface area (Å²) in [4.78, 5) is 9.90. The standard InChI is InChI=1S/C9H11NO2.BrH/c1-7(2)8-3-5-9(6-4-8)10(11)12;/h3-7H,1-2H3;1H. The lowest BCUT2D eigenvalue weighted by atomic mass is 10.0. The van der Waals surface area contributed by atoms with Crippen molar-refractivity contribution in [3.63, 3.8) is 0 Å². The Balaban J connectivity index is 0.00000144. The van der Waals surface area contributed by atoms with Gasteiger partial charge in [0.2, 0.25) is 0 Å². The summed E-state index contributed by atoms with van der Waals surface area (Å²) in [6.45, 7) is 4.11. The third kappa shape index (κ3) is 3.14. The monoisotopic (exact) mass is 245 g/mol. The molecule has 0 unspecified atom stereocenters. The van der Waals surface area contributed by atoms with Crippen LogP contribution in [0.4, 0.5) is 5.69 Å². The largest absolute Gasteiger partial charge is 0.269 e. The van der Waals surface area contributed by atoms with Gasteiger partial charge in [0.15, 0.2) is 0 Å². The first kappa shape index (κ1) is 12.1. The van der Waals surface area contributed by atoms with Crippen molar-refractivity contribution in [1.82, 2.24) is 0 Å². The topological polar surface area (TPSA) is 43.1 Å². The van der Waals surface area contributed by atoms with Crippen molar-refractivity contribution in [2.75, 3.05) is 0 Å². The summed E-state index contributed by atoms with van der Waals surface area (Å²) in [7, 11) is 0. The summed E-state index contributed by atoms with van der Waals surface area (Å²) in [5, 5.41) is 10.3. The Hall–Kier alpha value is -0.900. The van der Waals surface area contributed by atoms with Crippen LogP contribution in [0.25, 0.3) is 0 Å². The average Bonchev–Trinajstić information content (AvgIpc) is 2.04. The van der Waals surface area contributed by atoms with Gasteiger partial charge in [-0.2, -0.15) is 0 Å². The van der Waals surface area contributed by atoms with Gasteiger partial charge in [-0.15, -0.1) is 17.0 Å². The maximum atomic E-state index is 10.3. The first-order valence-corrected chi connectivity index (χ1v) is 3.85. The predicted octanol–water partition coefficient (Wildman–Crippen LogP) is 3.30. The molecule has 0 radical (unpaired) electrons. The fraction of sp³-hybridized carbons (Fsp3) is 0.333. The number of hydrogen-bond acceptors (Lipinski definition) is 2. The van der Waals surface area contributed by atoms with E-state index in [9.17, 15) is 10.1 Å². The molecule has 0 aliphatic heterocycles. The molecule has 13 heavy (non-hydrogen) atoms. The second kappa shape index (κ2) is 4.97. The summed E-state index contributed by atoms with van der Waals surface area (Å²) < 4.78 is 0. The smallest absolute Gasteiger partial charge is 0.258 e. The van der Waals surface area contributed by atoms with E-state index in [1.165, 1.54) is 12.1 Å². The van der Waals surface area contributed by atoms with Crippen LogP contribution in [0, 0.1) is 10.1 Å². The van der Waals surface area contributed by atoms with Gasteiger partial charge in [0.1, 0.15) is 0 Å². The molecule has 0 aromatic heterocycles. The van der Waals surface area contributed by atoms with Crippen LogP contribution in [0.3, 0.4) is 0 Å². The van der Waals surface area contributed by atoms with Gasteiger partial charge in [-0.3, -0.25) is 10.1 Å². The van der Waals surface area contributed by atoms with E-state index in [-0.39, 0.29) is 27.6 Å². The van der Waals surface area contributed by atoms with Crippen molar-refractivity contribution in [3.05, 3.63) is 39.9 Å². The predicted molar refractivity (Wildman–Crippen MR) is 57.5 cm³/mol. The van der Waals surface area contributed by atoms with Crippen molar-refractivity contribution in [2.45, 2.75) is 19.8 Å². The minimum Gasteiger partial charge on any atom is -0.258 e. The Morgan fingerprint density at radius 3 is 2.00 bits per heavy atom. The van der Waals surface area contributed by atoms with Crippen LogP contribution in [0.15, 0.2) is 24.3 Å². The molecule has 0 fully saturated rings. The van der Waals surface area contributed by atoms with Crippen molar-refractivity contribution in [1.29, 1.82) is 0 Å². The summed E-state index contributed by atoms with van der Waals surface area (Å²) in [5.41, 5.74) is 1.28. The van der Waals surface area contributed by atoms with Crippen molar-refractivity contribution < 1.29 is 4.92 Å². The van der Waals surface area contributed by atoms with Gasteiger partial charge < -0.3 is 0 Å². The first-order chi connectivity index (χ1) is 5.61. The average molecular weight is 246 g/mol. The number of nitrogens with zero attached hydrogens (tertiary/aromatic N) is 1. The van der Waals surface area contributed by atoms with Gasteiger partial charge in [0, 0.05) is 12.1 Å². The molecule has 0 aliphatic rings. The molecule has 0 saturated heterocycles. The molecule has 4 heteroatoms. The molecule has 1 aromatic rings. The zero-order valence-corrected chi connectivity index (χ0v) is 9.27. The van der Waals surface area contributed by atoms with Gasteiger partial charge in [-0.25, -0.2) is 0 Å². The molecule has 0 aliphatic carbocycles. The molecule has 0 bridgehead atoms. The third-order valence-electron chi connectivity index (χ3n) is 1.77. The van der Waals surface area contributed by atoms with Gasteiger partial charge in [-0.1, -0.05) is 26.0 Å². The minimum absolute atomic E-state index is 0. The highest BCUT2D eigenvalue weighted by Gasteiger charge is 2.04. The van der Waals surface area contributed by atoms with E-state index >= 15 is 0 Å². The van der Waals surface area contributed by atoms with Crippen molar-refractivity contribution in [3.8, 4) is 0 Å². The highest BCUT2D eigenvalue weighted by molar-refractivity contribution is 8.93. The number of nitro groups is 1. The highest BCUT2D eigenvalue weighted by atomic mass is 79.9. The van der Waals surface area contributed by atoms with E-state index in [0.717, 1.165) is 5.56 Å². The number of halogens is 1. The van der Waals surface area contributed by atoms with Crippen LogP contribution in [0.2, 0.25) is 0 Å². The molecule has 0 atom stereocenters. The Bertz CT molecular complexity index is 282. The summed E-state index contributed by atoms with van der Waals surface area (Å²) in [6.07, 6.45) is 0. The van der Waals surface area contributed by atoms with Crippen LogP contribution >= 0.6 is 17.0 Å². The number of nitro benzene ring substituents is 1. The second-order valence-electron chi connectivity index (χ2n) is 3.00. The lowest BCUT2D eigenvalue weighted by Gasteiger charge is -2.02. The molecule has 0 N–H and O–H groups in total. The molecular formula is C9H12BrNO2. The van der Waals surface area contributed by atoms with Crippen molar-refractivity contribution in [2.24, 2.45) is 0 Å².